The highest BCUT2D eigenvalue weighted by Crippen LogP contribution is 2.31. The number of hydrogen-bond donors (Lipinski definition) is 0. The van der Waals surface area contributed by atoms with E-state index in [9.17, 15) is 0 Å². The monoisotopic (exact) mass is 284 g/mol. The second-order valence-corrected chi connectivity index (χ2v) is 7.75. The minimum absolute atomic E-state index is 0.224. The van der Waals surface area contributed by atoms with Gasteiger partial charge in [0, 0.05) is 9.79 Å². The molecule has 0 heterocycles. The molecule has 20 heavy (non-hydrogen) atoms. The van der Waals surface area contributed by atoms with Crippen molar-refractivity contribution in [3.8, 4) is 0 Å². The lowest BCUT2D eigenvalue weighted by atomic mass is 9.87. The molecule has 0 radical (unpaired) electrons. The largest absolute Gasteiger partial charge is 0.0901 e. The Morgan fingerprint density at radius 1 is 0.750 bits per heavy atom. The van der Waals surface area contributed by atoms with E-state index in [-0.39, 0.29) is 5.41 Å². The second-order valence-electron chi connectivity index (χ2n) is 6.60. The summed E-state index contributed by atoms with van der Waals surface area (Å²) in [4.78, 5) is 2.60. The Morgan fingerprint density at radius 2 is 1.20 bits per heavy atom. The van der Waals surface area contributed by atoms with Gasteiger partial charge in [-0.3, -0.25) is 0 Å². The fourth-order valence-corrected chi connectivity index (χ4v) is 2.90. The van der Waals surface area contributed by atoms with Gasteiger partial charge in [0.05, 0.1) is 0 Å². The van der Waals surface area contributed by atoms with Gasteiger partial charge < -0.3 is 0 Å². The molecule has 0 saturated heterocycles. The van der Waals surface area contributed by atoms with Gasteiger partial charge in [0.15, 0.2) is 0 Å². The standard InChI is InChI=1S/C19H24S/c1-14(2)15-6-10-17(11-7-15)20-18-12-8-16(9-13-18)19(3,4)5/h6-14H,1-5H3. The van der Waals surface area contributed by atoms with Gasteiger partial charge in [-0.15, -0.1) is 0 Å². The molecule has 0 aliphatic rings. The van der Waals surface area contributed by atoms with E-state index in [1.807, 2.05) is 11.8 Å². The van der Waals surface area contributed by atoms with Crippen molar-refractivity contribution in [3.63, 3.8) is 0 Å². The molecule has 0 aromatic heterocycles. The van der Waals surface area contributed by atoms with Crippen LogP contribution in [0.4, 0.5) is 0 Å². The first-order valence-electron chi connectivity index (χ1n) is 7.24. The molecule has 0 spiro atoms. The van der Waals surface area contributed by atoms with Crippen LogP contribution in [0.5, 0.6) is 0 Å². The van der Waals surface area contributed by atoms with E-state index in [0.29, 0.717) is 5.92 Å². The van der Waals surface area contributed by atoms with Crippen LogP contribution in [0.15, 0.2) is 58.3 Å². The van der Waals surface area contributed by atoms with E-state index in [2.05, 4.69) is 83.1 Å². The summed E-state index contributed by atoms with van der Waals surface area (Å²) in [6.07, 6.45) is 0. The van der Waals surface area contributed by atoms with Crippen molar-refractivity contribution in [1.82, 2.24) is 0 Å². The van der Waals surface area contributed by atoms with Gasteiger partial charge in [-0.1, -0.05) is 70.6 Å². The average Bonchev–Trinajstić information content (AvgIpc) is 2.39. The van der Waals surface area contributed by atoms with Crippen LogP contribution in [0.2, 0.25) is 0 Å². The van der Waals surface area contributed by atoms with Gasteiger partial charge in [-0.2, -0.15) is 0 Å². The molecular formula is C19H24S. The normalized spacial score (nSPS) is 11.9. The first-order valence-corrected chi connectivity index (χ1v) is 8.06. The average molecular weight is 284 g/mol. The topological polar surface area (TPSA) is 0 Å². The highest BCUT2D eigenvalue weighted by molar-refractivity contribution is 7.99. The molecule has 2 rings (SSSR count). The minimum Gasteiger partial charge on any atom is -0.0901 e. The van der Waals surface area contributed by atoms with Crippen LogP contribution in [0, 0.1) is 0 Å². The van der Waals surface area contributed by atoms with E-state index < -0.39 is 0 Å². The predicted molar refractivity (Wildman–Crippen MR) is 89.8 cm³/mol. The van der Waals surface area contributed by atoms with Gasteiger partial charge >= 0.3 is 0 Å². The third-order valence-corrected chi connectivity index (χ3v) is 4.52. The molecule has 0 aliphatic carbocycles. The molecular weight excluding hydrogens is 260 g/mol. The Balaban J connectivity index is 2.10. The Bertz CT molecular complexity index is 542. The summed E-state index contributed by atoms with van der Waals surface area (Å²) in [6, 6.07) is 17.8. The van der Waals surface area contributed by atoms with Crippen molar-refractivity contribution in [2.24, 2.45) is 0 Å². The molecule has 2 aromatic rings. The number of hydrogen-bond acceptors (Lipinski definition) is 1. The molecule has 0 bridgehead atoms. The van der Waals surface area contributed by atoms with Crippen LogP contribution in [0.3, 0.4) is 0 Å². The Labute approximate surface area is 127 Å². The number of benzene rings is 2. The minimum atomic E-state index is 0.224. The lowest BCUT2D eigenvalue weighted by molar-refractivity contribution is 0.590. The van der Waals surface area contributed by atoms with Gasteiger partial charge in [0.1, 0.15) is 0 Å². The zero-order valence-corrected chi connectivity index (χ0v) is 13.9. The first kappa shape index (κ1) is 15.2. The Morgan fingerprint density at radius 3 is 1.60 bits per heavy atom. The quantitative estimate of drug-likeness (QED) is 0.641. The second kappa shape index (κ2) is 6.05. The highest BCUT2D eigenvalue weighted by Gasteiger charge is 2.12. The number of rotatable bonds is 3. The molecule has 0 saturated carbocycles. The maximum atomic E-state index is 2.25. The smallest absolute Gasteiger partial charge is 0.0122 e. The third-order valence-electron chi connectivity index (χ3n) is 3.50. The fraction of sp³-hybridized carbons (Fsp3) is 0.368. The van der Waals surface area contributed by atoms with Crippen molar-refractivity contribution in [3.05, 3.63) is 59.7 Å². The molecule has 0 aliphatic heterocycles. The third kappa shape index (κ3) is 3.89. The first-order chi connectivity index (χ1) is 9.36. The molecule has 0 N–H and O–H groups in total. The summed E-state index contributed by atoms with van der Waals surface area (Å²) < 4.78 is 0. The molecule has 0 nitrogen and oxygen atoms in total. The zero-order chi connectivity index (χ0) is 14.8. The predicted octanol–water partition coefficient (Wildman–Crippen LogP) is 6.26. The summed E-state index contributed by atoms with van der Waals surface area (Å²) in [5.41, 5.74) is 3.01. The van der Waals surface area contributed by atoms with E-state index in [1.54, 1.807) is 0 Å². The molecule has 0 unspecified atom stereocenters. The fourth-order valence-electron chi connectivity index (χ4n) is 2.08. The van der Waals surface area contributed by atoms with Gasteiger partial charge in [-0.25, -0.2) is 0 Å². The van der Waals surface area contributed by atoms with E-state index in [1.165, 1.54) is 20.9 Å². The van der Waals surface area contributed by atoms with Crippen LogP contribution in [-0.2, 0) is 5.41 Å². The van der Waals surface area contributed by atoms with Gasteiger partial charge in [0.25, 0.3) is 0 Å². The molecule has 0 atom stereocenters. The van der Waals surface area contributed by atoms with Crippen molar-refractivity contribution in [1.29, 1.82) is 0 Å². The lowest BCUT2D eigenvalue weighted by Crippen LogP contribution is -2.10. The van der Waals surface area contributed by atoms with Crippen molar-refractivity contribution in [2.75, 3.05) is 0 Å². The molecule has 1 heteroatoms. The van der Waals surface area contributed by atoms with Gasteiger partial charge in [-0.05, 0) is 46.7 Å². The van der Waals surface area contributed by atoms with E-state index >= 15 is 0 Å². The van der Waals surface area contributed by atoms with Crippen LogP contribution in [0.25, 0.3) is 0 Å². The summed E-state index contributed by atoms with van der Waals surface area (Å²) in [6.45, 7) is 11.2. The zero-order valence-electron chi connectivity index (χ0n) is 13.1. The summed E-state index contributed by atoms with van der Waals surface area (Å²) >= 11 is 1.83. The Kier molecular flexibility index (Phi) is 4.59. The van der Waals surface area contributed by atoms with Crippen LogP contribution in [0.1, 0.15) is 51.7 Å². The Hall–Kier alpha value is -1.21. The maximum absolute atomic E-state index is 2.25. The van der Waals surface area contributed by atoms with Crippen LogP contribution < -0.4 is 0 Å². The van der Waals surface area contributed by atoms with E-state index in [0.717, 1.165) is 0 Å². The summed E-state index contributed by atoms with van der Waals surface area (Å²) in [7, 11) is 0. The lowest BCUT2D eigenvalue weighted by Gasteiger charge is -2.19. The molecule has 0 fully saturated rings. The SMILES string of the molecule is CC(C)c1ccc(Sc2ccc(C(C)(C)C)cc2)cc1. The van der Waals surface area contributed by atoms with Crippen LogP contribution >= 0.6 is 11.8 Å². The van der Waals surface area contributed by atoms with Crippen molar-refractivity contribution < 1.29 is 0 Å². The molecule has 106 valence electrons. The van der Waals surface area contributed by atoms with E-state index in [4.69, 9.17) is 0 Å². The maximum Gasteiger partial charge on any atom is 0.0122 e. The summed E-state index contributed by atoms with van der Waals surface area (Å²) in [5, 5.41) is 0. The van der Waals surface area contributed by atoms with Gasteiger partial charge in [0.2, 0.25) is 0 Å². The molecule has 0 amide bonds. The van der Waals surface area contributed by atoms with Crippen LogP contribution in [-0.4, -0.2) is 0 Å². The highest BCUT2D eigenvalue weighted by atomic mass is 32.2. The van der Waals surface area contributed by atoms with Crippen molar-refractivity contribution in [2.45, 2.75) is 55.7 Å². The van der Waals surface area contributed by atoms with Crippen molar-refractivity contribution >= 4 is 11.8 Å². The summed E-state index contributed by atoms with van der Waals surface area (Å²) in [5.74, 6) is 0.597. The molecule has 2 aromatic carbocycles.